The number of benzene rings is 4. The zero-order chi connectivity index (χ0) is 50.2. The molecule has 2 atom stereocenters. The third-order valence-electron chi connectivity index (χ3n) is 15.4. The molecule has 3 fully saturated rings. The molecule has 0 bridgehead atoms. The van der Waals surface area contributed by atoms with Crippen LogP contribution in [0, 0.1) is 18.8 Å². The van der Waals surface area contributed by atoms with Gasteiger partial charge in [0, 0.05) is 63.4 Å². The number of hydrogen-bond acceptors (Lipinski definition) is 13. The van der Waals surface area contributed by atoms with Gasteiger partial charge in [0.1, 0.15) is 17.1 Å². The van der Waals surface area contributed by atoms with E-state index in [0.717, 1.165) is 108 Å². The number of carbonyl (C=O) groups excluding carboxylic acids is 3. The number of pyridine rings is 1. The lowest BCUT2D eigenvalue weighted by atomic mass is 9.83. The standard InChI is InChI=1S/C57H60N8O7S/c1-34(32-63-27-29-64(30-28-63)57-59-45-22-17-38(31-48(45)72-57)41-21-24-51(66)61-53(41)67)13-14-36-15-18-39(19-16-36)71-47-11-6-8-40(35(47)2)42-20-23-50(60-52(42)55(69)70)65-26-25-37-7-5-9-43(44(37)33-65)54(68)62-56-58-46-10-3-4-12-49(46)73-56/h3-12,17,20,22-23,31,34,36,39,41H,13-16,18-19,21,24-30,32-33H2,1-2H3,(H,69,70)(H,58,62,68)(H,61,66,67). The molecule has 73 heavy (non-hydrogen) atoms. The molecule has 0 spiro atoms. The molecule has 6 heterocycles. The predicted octanol–water partition coefficient (Wildman–Crippen LogP) is 10.0. The monoisotopic (exact) mass is 1000 g/mol. The number of imide groups is 1. The topological polar surface area (TPSA) is 183 Å². The molecule has 3 aromatic heterocycles. The van der Waals surface area contributed by atoms with Gasteiger partial charge in [-0.15, -0.1) is 0 Å². The van der Waals surface area contributed by atoms with E-state index in [1.807, 2.05) is 103 Å². The summed E-state index contributed by atoms with van der Waals surface area (Å²) in [5, 5.41) is 16.5. The minimum Gasteiger partial charge on any atom is -0.490 e. The molecule has 15 nitrogen and oxygen atoms in total. The molecule has 11 rings (SSSR count). The van der Waals surface area contributed by atoms with Crippen LogP contribution >= 0.6 is 11.3 Å². The van der Waals surface area contributed by atoms with Crippen LogP contribution in [0.1, 0.15) is 107 Å². The lowest BCUT2D eigenvalue weighted by Gasteiger charge is -2.35. The van der Waals surface area contributed by atoms with Gasteiger partial charge >= 0.3 is 5.97 Å². The average Bonchev–Trinajstić information content (AvgIpc) is 4.03. The minimum absolute atomic E-state index is 0.0213. The number of thiazole rings is 1. The van der Waals surface area contributed by atoms with Crippen molar-refractivity contribution in [3.63, 3.8) is 0 Å². The fourth-order valence-electron chi connectivity index (χ4n) is 11.3. The average molecular weight is 1000 g/mol. The molecule has 3 amide bonds. The molecule has 1 saturated carbocycles. The van der Waals surface area contributed by atoms with Gasteiger partial charge in [0.05, 0.1) is 22.2 Å². The lowest BCUT2D eigenvalue weighted by molar-refractivity contribution is -0.134. The maximum Gasteiger partial charge on any atom is 0.355 e. The second-order valence-corrected chi connectivity index (χ2v) is 21.3. The number of nitrogens with one attached hydrogen (secondary N) is 2. The highest BCUT2D eigenvalue weighted by Gasteiger charge is 2.31. The fraction of sp³-hybridized carbons (Fsp3) is 0.386. The first kappa shape index (κ1) is 48.1. The highest BCUT2D eigenvalue weighted by Crippen LogP contribution is 2.38. The SMILES string of the molecule is Cc1c(OC2CCC(CCC(C)CN3CCN(c4nc5ccc(C6CCC(=O)NC6=O)cc5o4)CC3)CC2)cccc1-c1ccc(N2CCc3cccc(C(=O)Nc4nc5ccccc5s4)c3C2)nc1C(=O)O. The summed E-state index contributed by atoms with van der Waals surface area (Å²) >= 11 is 1.44. The highest BCUT2D eigenvalue weighted by atomic mass is 32.1. The van der Waals surface area contributed by atoms with Gasteiger partial charge in [0.25, 0.3) is 11.9 Å². The zero-order valence-corrected chi connectivity index (χ0v) is 42.1. The number of carboxylic acid groups (broad SMARTS) is 1. The first-order chi connectivity index (χ1) is 35.5. The van der Waals surface area contributed by atoms with Crippen molar-refractivity contribution in [2.45, 2.75) is 90.2 Å². The number of ether oxygens (including phenoxy) is 1. The van der Waals surface area contributed by atoms with Crippen LogP contribution in [0.5, 0.6) is 5.75 Å². The van der Waals surface area contributed by atoms with Gasteiger partial charge < -0.3 is 24.1 Å². The molecule has 16 heteroatoms. The third-order valence-corrected chi connectivity index (χ3v) is 16.4. The van der Waals surface area contributed by atoms with Gasteiger partial charge in [0.15, 0.2) is 16.4 Å². The van der Waals surface area contributed by atoms with Gasteiger partial charge in [0.2, 0.25) is 11.8 Å². The molecular weight excluding hydrogens is 941 g/mol. The number of para-hydroxylation sites is 1. The van der Waals surface area contributed by atoms with Crippen molar-refractivity contribution >= 4 is 73.3 Å². The second kappa shape index (κ2) is 20.7. The van der Waals surface area contributed by atoms with E-state index in [4.69, 9.17) is 19.1 Å². The summed E-state index contributed by atoms with van der Waals surface area (Å²) in [6, 6.07) is 29.5. The van der Waals surface area contributed by atoms with Gasteiger partial charge in [-0.1, -0.05) is 67.1 Å². The van der Waals surface area contributed by atoms with E-state index in [1.54, 1.807) is 0 Å². The molecule has 4 aliphatic rings. The Bertz CT molecular complexity index is 3190. The highest BCUT2D eigenvalue weighted by molar-refractivity contribution is 7.22. The Balaban J connectivity index is 0.655. The summed E-state index contributed by atoms with van der Waals surface area (Å²) in [5.41, 5.74) is 7.85. The van der Waals surface area contributed by atoms with Crippen molar-refractivity contribution < 1.29 is 33.4 Å². The Kier molecular flexibility index (Phi) is 13.7. The Morgan fingerprint density at radius 3 is 2.48 bits per heavy atom. The van der Waals surface area contributed by atoms with Gasteiger partial charge in [-0.05, 0) is 140 Å². The molecule has 2 saturated heterocycles. The minimum atomic E-state index is -1.10. The molecule has 4 aromatic carbocycles. The first-order valence-electron chi connectivity index (χ1n) is 25.7. The maximum atomic E-state index is 13.7. The van der Waals surface area contributed by atoms with E-state index in [0.29, 0.717) is 77.9 Å². The number of anilines is 3. The van der Waals surface area contributed by atoms with Crippen molar-refractivity contribution in [3.05, 3.63) is 125 Å². The van der Waals surface area contributed by atoms with Crippen LogP contribution in [-0.2, 0) is 22.6 Å². The Labute approximate surface area is 428 Å². The molecule has 3 aliphatic heterocycles. The van der Waals surface area contributed by atoms with Crippen molar-refractivity contribution in [3.8, 4) is 16.9 Å². The van der Waals surface area contributed by atoms with E-state index in [1.165, 1.54) is 24.2 Å². The molecule has 2 unspecified atom stereocenters. The number of rotatable bonds is 14. The van der Waals surface area contributed by atoms with Gasteiger partial charge in [-0.3, -0.25) is 29.9 Å². The van der Waals surface area contributed by atoms with Crippen LogP contribution in [0.4, 0.5) is 17.0 Å². The molecule has 1 aliphatic carbocycles. The van der Waals surface area contributed by atoms with Crippen molar-refractivity contribution in [2.24, 2.45) is 11.8 Å². The number of nitrogens with zero attached hydrogens (tertiary/aromatic N) is 6. The number of hydrogen-bond donors (Lipinski definition) is 3. The van der Waals surface area contributed by atoms with E-state index in [9.17, 15) is 24.3 Å². The number of carboxylic acids is 1. The number of amides is 3. The summed E-state index contributed by atoms with van der Waals surface area (Å²) in [7, 11) is 0. The number of piperidine rings is 1. The largest absolute Gasteiger partial charge is 0.490 e. The van der Waals surface area contributed by atoms with Gasteiger partial charge in [-0.25, -0.2) is 14.8 Å². The Morgan fingerprint density at radius 2 is 1.67 bits per heavy atom. The summed E-state index contributed by atoms with van der Waals surface area (Å²) < 4.78 is 13.9. The summed E-state index contributed by atoms with van der Waals surface area (Å²) in [6.45, 7) is 10.0. The fourth-order valence-corrected chi connectivity index (χ4v) is 12.2. The molecular formula is C57H60N8O7S. The van der Waals surface area contributed by atoms with Crippen molar-refractivity contribution in [1.82, 2.24) is 25.2 Å². The number of aromatic nitrogens is 3. The van der Waals surface area contributed by atoms with Crippen molar-refractivity contribution in [2.75, 3.05) is 54.4 Å². The third kappa shape index (κ3) is 10.4. The molecule has 7 aromatic rings. The summed E-state index contributed by atoms with van der Waals surface area (Å²) in [5.74, 6) is 0.411. The van der Waals surface area contributed by atoms with Crippen LogP contribution in [0.3, 0.4) is 0 Å². The van der Waals surface area contributed by atoms with Crippen LogP contribution in [-0.4, -0.2) is 94.0 Å². The molecule has 376 valence electrons. The first-order valence-corrected chi connectivity index (χ1v) is 26.6. The number of aromatic carboxylic acids is 1. The number of oxazole rings is 1. The smallest absolute Gasteiger partial charge is 0.355 e. The number of piperazine rings is 1. The second-order valence-electron chi connectivity index (χ2n) is 20.3. The summed E-state index contributed by atoms with van der Waals surface area (Å²) in [6.07, 6.45) is 8.24. The predicted molar refractivity (Wildman–Crippen MR) is 283 cm³/mol. The molecule has 0 radical (unpaired) electrons. The number of carbonyl (C=O) groups is 4. The quantitative estimate of drug-likeness (QED) is 0.0876. The Morgan fingerprint density at radius 1 is 0.849 bits per heavy atom. The number of fused-ring (bicyclic) bond motifs is 3. The Hall–Kier alpha value is -7.17. The van der Waals surface area contributed by atoms with E-state index in [-0.39, 0.29) is 35.4 Å². The van der Waals surface area contributed by atoms with Crippen LogP contribution in [0.2, 0.25) is 0 Å². The molecule has 3 N–H and O–H groups in total. The lowest BCUT2D eigenvalue weighted by Crippen LogP contribution is -2.47. The zero-order valence-electron chi connectivity index (χ0n) is 41.3. The van der Waals surface area contributed by atoms with E-state index in [2.05, 4.69) is 32.3 Å². The van der Waals surface area contributed by atoms with E-state index >= 15 is 0 Å². The van der Waals surface area contributed by atoms with Crippen molar-refractivity contribution in [1.29, 1.82) is 0 Å². The van der Waals surface area contributed by atoms with E-state index < -0.39 is 5.97 Å². The maximum absolute atomic E-state index is 13.7. The van der Waals surface area contributed by atoms with Crippen LogP contribution in [0.25, 0.3) is 32.4 Å². The van der Waals surface area contributed by atoms with Gasteiger partial charge in [-0.2, -0.15) is 4.98 Å². The van der Waals surface area contributed by atoms with Crippen LogP contribution in [0.15, 0.2) is 95.4 Å². The normalized spacial score (nSPS) is 19.9. The van der Waals surface area contributed by atoms with Crippen LogP contribution < -0.4 is 25.2 Å². The summed E-state index contributed by atoms with van der Waals surface area (Å²) in [4.78, 5) is 71.6.